The Hall–Kier alpha value is -1.44. The van der Waals surface area contributed by atoms with Crippen LogP contribution in [-0.4, -0.2) is 23.8 Å². The number of hydrogen-bond acceptors (Lipinski definition) is 6. The van der Waals surface area contributed by atoms with Crippen LogP contribution in [0.1, 0.15) is 17.8 Å². The SMILES string of the molecule is COC(CN)c1nc(CSc2ccc(F)cc2)no1. The zero-order valence-corrected chi connectivity index (χ0v) is 11.2. The van der Waals surface area contributed by atoms with Gasteiger partial charge < -0.3 is 15.0 Å². The van der Waals surface area contributed by atoms with Crippen molar-refractivity contribution in [3.63, 3.8) is 0 Å². The summed E-state index contributed by atoms with van der Waals surface area (Å²) in [7, 11) is 1.54. The van der Waals surface area contributed by atoms with Crippen molar-refractivity contribution in [3.05, 3.63) is 41.8 Å². The van der Waals surface area contributed by atoms with E-state index in [1.165, 1.54) is 31.0 Å². The second-order valence-corrected chi connectivity index (χ2v) is 4.80. The largest absolute Gasteiger partial charge is 0.370 e. The highest BCUT2D eigenvalue weighted by Crippen LogP contribution is 2.22. The van der Waals surface area contributed by atoms with Crippen molar-refractivity contribution in [2.75, 3.05) is 13.7 Å². The molecule has 1 heterocycles. The summed E-state index contributed by atoms with van der Waals surface area (Å²) in [5.74, 6) is 1.22. The Balaban J connectivity index is 1.95. The number of halogens is 1. The van der Waals surface area contributed by atoms with E-state index in [-0.39, 0.29) is 18.5 Å². The number of nitrogens with two attached hydrogens (primary N) is 1. The lowest BCUT2D eigenvalue weighted by molar-refractivity contribution is 0.0804. The molecule has 5 nitrogen and oxygen atoms in total. The van der Waals surface area contributed by atoms with Gasteiger partial charge in [0.15, 0.2) is 5.82 Å². The van der Waals surface area contributed by atoms with Gasteiger partial charge in [-0.3, -0.25) is 0 Å². The van der Waals surface area contributed by atoms with E-state index < -0.39 is 0 Å². The molecule has 19 heavy (non-hydrogen) atoms. The number of rotatable bonds is 6. The predicted octanol–water partition coefficient (Wildman–Crippen LogP) is 2.15. The lowest BCUT2D eigenvalue weighted by Crippen LogP contribution is -2.14. The third-order valence-corrected chi connectivity index (χ3v) is 3.45. The normalized spacial score (nSPS) is 12.6. The van der Waals surface area contributed by atoms with Gasteiger partial charge in [0.1, 0.15) is 11.9 Å². The van der Waals surface area contributed by atoms with E-state index in [0.717, 1.165) is 4.90 Å². The molecule has 0 aliphatic rings. The molecule has 102 valence electrons. The van der Waals surface area contributed by atoms with Crippen molar-refractivity contribution >= 4 is 11.8 Å². The summed E-state index contributed by atoms with van der Waals surface area (Å²) >= 11 is 1.50. The highest BCUT2D eigenvalue weighted by molar-refractivity contribution is 7.98. The van der Waals surface area contributed by atoms with Gasteiger partial charge in [0.25, 0.3) is 5.89 Å². The zero-order chi connectivity index (χ0) is 13.7. The van der Waals surface area contributed by atoms with Crippen molar-refractivity contribution in [1.29, 1.82) is 0 Å². The van der Waals surface area contributed by atoms with Crippen LogP contribution in [-0.2, 0) is 10.5 Å². The van der Waals surface area contributed by atoms with Crippen LogP contribution >= 0.6 is 11.8 Å². The minimum Gasteiger partial charge on any atom is -0.370 e. The smallest absolute Gasteiger partial charge is 0.257 e. The second kappa shape index (κ2) is 6.65. The number of nitrogens with zero attached hydrogens (tertiary/aromatic N) is 2. The molecule has 0 bridgehead atoms. The molecule has 0 radical (unpaired) electrons. The summed E-state index contributed by atoms with van der Waals surface area (Å²) in [6, 6.07) is 6.25. The van der Waals surface area contributed by atoms with Gasteiger partial charge in [-0.1, -0.05) is 5.16 Å². The van der Waals surface area contributed by atoms with Gasteiger partial charge in [-0.15, -0.1) is 11.8 Å². The summed E-state index contributed by atoms with van der Waals surface area (Å²) in [4.78, 5) is 5.15. The Morgan fingerprint density at radius 1 is 1.42 bits per heavy atom. The molecule has 0 saturated carbocycles. The molecule has 1 atom stereocenters. The van der Waals surface area contributed by atoms with Crippen LogP contribution in [0.15, 0.2) is 33.7 Å². The highest BCUT2D eigenvalue weighted by atomic mass is 32.2. The first-order chi connectivity index (χ1) is 9.22. The van der Waals surface area contributed by atoms with Crippen LogP contribution in [0.5, 0.6) is 0 Å². The molecule has 2 aromatic rings. The summed E-state index contributed by atoms with van der Waals surface area (Å²) in [6.45, 7) is 0.281. The van der Waals surface area contributed by atoms with Gasteiger partial charge in [-0.05, 0) is 24.3 Å². The number of methoxy groups -OCH3 is 1. The molecule has 0 saturated heterocycles. The fraction of sp³-hybridized carbons (Fsp3) is 0.333. The Morgan fingerprint density at radius 2 is 2.16 bits per heavy atom. The molecule has 1 unspecified atom stereocenters. The zero-order valence-electron chi connectivity index (χ0n) is 10.4. The number of hydrogen-bond donors (Lipinski definition) is 1. The van der Waals surface area contributed by atoms with Gasteiger partial charge in [0, 0.05) is 18.6 Å². The van der Waals surface area contributed by atoms with E-state index in [4.69, 9.17) is 15.0 Å². The molecule has 0 spiro atoms. The van der Waals surface area contributed by atoms with E-state index in [9.17, 15) is 4.39 Å². The molecule has 0 amide bonds. The molecule has 0 fully saturated rings. The Morgan fingerprint density at radius 3 is 2.79 bits per heavy atom. The molecule has 0 aliphatic carbocycles. The van der Waals surface area contributed by atoms with E-state index in [1.54, 1.807) is 12.1 Å². The maximum absolute atomic E-state index is 12.7. The monoisotopic (exact) mass is 283 g/mol. The van der Waals surface area contributed by atoms with Crippen LogP contribution < -0.4 is 5.73 Å². The third kappa shape index (κ3) is 3.76. The van der Waals surface area contributed by atoms with Crippen molar-refractivity contribution in [3.8, 4) is 0 Å². The fourth-order valence-corrected chi connectivity index (χ4v) is 2.17. The first-order valence-electron chi connectivity index (χ1n) is 5.66. The van der Waals surface area contributed by atoms with Crippen LogP contribution in [0, 0.1) is 5.82 Å². The third-order valence-electron chi connectivity index (χ3n) is 2.44. The summed E-state index contributed by atoms with van der Waals surface area (Å²) in [6.07, 6.45) is -0.378. The Labute approximate surface area is 114 Å². The average Bonchev–Trinajstić information content (AvgIpc) is 2.88. The fourth-order valence-electron chi connectivity index (χ4n) is 1.43. The quantitative estimate of drug-likeness (QED) is 0.819. The Bertz CT molecular complexity index is 514. The summed E-state index contributed by atoms with van der Waals surface area (Å²) < 4.78 is 22.9. The molecular formula is C12H14FN3O2S. The first kappa shape index (κ1) is 14.0. The maximum atomic E-state index is 12.7. The topological polar surface area (TPSA) is 74.2 Å². The predicted molar refractivity (Wildman–Crippen MR) is 69.1 cm³/mol. The highest BCUT2D eigenvalue weighted by Gasteiger charge is 2.16. The van der Waals surface area contributed by atoms with Crippen LogP contribution in [0.2, 0.25) is 0 Å². The minimum absolute atomic E-state index is 0.253. The van der Waals surface area contributed by atoms with Crippen molar-refractivity contribution in [2.24, 2.45) is 5.73 Å². The van der Waals surface area contributed by atoms with Gasteiger partial charge >= 0.3 is 0 Å². The molecule has 1 aromatic heterocycles. The number of thioether (sulfide) groups is 1. The lowest BCUT2D eigenvalue weighted by atomic mass is 10.3. The standard InChI is InChI=1S/C12H14FN3O2S/c1-17-10(6-14)12-15-11(16-18-12)7-19-9-4-2-8(13)3-5-9/h2-5,10H,6-7,14H2,1H3. The van der Waals surface area contributed by atoms with E-state index in [2.05, 4.69) is 10.1 Å². The molecule has 2 rings (SSSR count). The van der Waals surface area contributed by atoms with Crippen molar-refractivity contribution < 1.29 is 13.7 Å². The van der Waals surface area contributed by atoms with Gasteiger partial charge in [0.05, 0.1) is 5.75 Å². The van der Waals surface area contributed by atoms with Crippen LogP contribution in [0.3, 0.4) is 0 Å². The van der Waals surface area contributed by atoms with Gasteiger partial charge in [0.2, 0.25) is 0 Å². The number of benzene rings is 1. The van der Waals surface area contributed by atoms with Gasteiger partial charge in [-0.2, -0.15) is 4.98 Å². The van der Waals surface area contributed by atoms with Crippen molar-refractivity contribution in [1.82, 2.24) is 10.1 Å². The minimum atomic E-state index is -0.378. The van der Waals surface area contributed by atoms with E-state index in [0.29, 0.717) is 17.5 Å². The summed E-state index contributed by atoms with van der Waals surface area (Å²) in [5.41, 5.74) is 5.51. The summed E-state index contributed by atoms with van der Waals surface area (Å²) in [5, 5.41) is 3.85. The molecule has 2 N–H and O–H groups in total. The molecule has 1 aromatic carbocycles. The average molecular weight is 283 g/mol. The van der Waals surface area contributed by atoms with Gasteiger partial charge in [-0.25, -0.2) is 4.39 Å². The number of aromatic nitrogens is 2. The van der Waals surface area contributed by atoms with E-state index in [1.807, 2.05) is 0 Å². The van der Waals surface area contributed by atoms with Crippen LogP contribution in [0.4, 0.5) is 4.39 Å². The van der Waals surface area contributed by atoms with E-state index >= 15 is 0 Å². The Kier molecular flexibility index (Phi) is 4.89. The van der Waals surface area contributed by atoms with Crippen molar-refractivity contribution in [2.45, 2.75) is 16.8 Å². The van der Waals surface area contributed by atoms with Crippen LogP contribution in [0.25, 0.3) is 0 Å². The molecular weight excluding hydrogens is 269 g/mol. The lowest BCUT2D eigenvalue weighted by Gasteiger charge is -2.05. The first-order valence-corrected chi connectivity index (χ1v) is 6.65. The molecule has 7 heteroatoms. The number of ether oxygens (including phenoxy) is 1. The molecule has 0 aliphatic heterocycles. The maximum Gasteiger partial charge on any atom is 0.257 e. The second-order valence-electron chi connectivity index (χ2n) is 3.75.